The Balaban J connectivity index is 0.000000187. The number of aromatic nitrogens is 2. The van der Waals surface area contributed by atoms with Gasteiger partial charge in [0.15, 0.2) is 0 Å². The summed E-state index contributed by atoms with van der Waals surface area (Å²) in [6.07, 6.45) is 0. The van der Waals surface area contributed by atoms with Crippen LogP contribution in [-0.2, 0) is 0 Å². The van der Waals surface area contributed by atoms with Crippen molar-refractivity contribution in [1.82, 2.24) is 9.97 Å². The van der Waals surface area contributed by atoms with Crippen LogP contribution >= 0.6 is 0 Å². The molecule has 5 heteroatoms. The second-order valence-corrected chi connectivity index (χ2v) is 6.51. The lowest BCUT2D eigenvalue weighted by Gasteiger charge is -2.04. The molecule has 0 spiro atoms. The molecule has 0 bridgehead atoms. The summed E-state index contributed by atoms with van der Waals surface area (Å²) in [5, 5.41) is 21.2. The molecule has 0 aliphatic heterocycles. The highest BCUT2D eigenvalue weighted by molar-refractivity contribution is 5.87. The summed E-state index contributed by atoms with van der Waals surface area (Å²) in [5.41, 5.74) is 5.56. The second kappa shape index (κ2) is 8.54. The predicted molar refractivity (Wildman–Crippen MR) is 114 cm³/mol. The number of aryl methyl sites for hydroxylation is 4. The second-order valence-electron chi connectivity index (χ2n) is 6.51. The number of aromatic hydroxyl groups is 2. The van der Waals surface area contributed by atoms with E-state index in [1.807, 2.05) is 64.1 Å². The zero-order valence-corrected chi connectivity index (χ0v) is 15.4. The van der Waals surface area contributed by atoms with Gasteiger partial charge in [-0.2, -0.15) is 0 Å². The van der Waals surface area contributed by atoms with Crippen LogP contribution in [-0.4, -0.2) is 43.2 Å². The van der Waals surface area contributed by atoms with Crippen molar-refractivity contribution in [2.24, 2.45) is 0 Å². The lowest BCUT2D eigenvalue weighted by molar-refractivity contribution is 0.479. The molecule has 0 unspecified atom stereocenters. The summed E-state index contributed by atoms with van der Waals surface area (Å²) < 4.78 is 0. The maximum atomic E-state index is 9.56. The first-order valence-corrected chi connectivity index (χ1v) is 8.48. The van der Waals surface area contributed by atoms with Crippen molar-refractivity contribution in [1.29, 1.82) is 0 Å². The summed E-state index contributed by atoms with van der Waals surface area (Å²) in [5.74, 6) is 0.508. The minimum Gasteiger partial charge on any atom is -0.506 e. The molecule has 2 N–H and O–H groups in total. The van der Waals surface area contributed by atoms with Crippen molar-refractivity contribution in [2.45, 2.75) is 27.7 Å². The average Bonchev–Trinajstić information content (AvgIpc) is 2.57. The third kappa shape index (κ3) is 4.49. The number of para-hydroxylation sites is 2. The first-order valence-electron chi connectivity index (χ1n) is 8.48. The van der Waals surface area contributed by atoms with E-state index in [-0.39, 0.29) is 34.6 Å². The van der Waals surface area contributed by atoms with Crippen molar-refractivity contribution in [3.8, 4) is 11.5 Å². The van der Waals surface area contributed by atoms with Gasteiger partial charge in [0.25, 0.3) is 0 Å². The Kier molecular flexibility index (Phi) is 6.62. The maximum absolute atomic E-state index is 9.56. The van der Waals surface area contributed by atoms with E-state index in [0.717, 1.165) is 33.3 Å². The Labute approximate surface area is 175 Å². The van der Waals surface area contributed by atoms with Crippen LogP contribution in [0.4, 0.5) is 0 Å². The molecule has 0 fully saturated rings. The van der Waals surface area contributed by atoms with Gasteiger partial charge in [0.1, 0.15) is 22.5 Å². The Hall–Kier alpha value is -2.37. The third-order valence-electron chi connectivity index (χ3n) is 4.31. The van der Waals surface area contributed by atoms with Gasteiger partial charge in [-0.1, -0.05) is 24.3 Å². The molecular formula is C22H24MgN2O2. The van der Waals surface area contributed by atoms with Crippen LogP contribution in [0.3, 0.4) is 0 Å². The number of fused-ring (bicyclic) bond motifs is 2. The van der Waals surface area contributed by atoms with Crippen LogP contribution < -0.4 is 0 Å². The smallest absolute Gasteiger partial charge is 0.316 e. The number of nitrogens with zero attached hydrogens (tertiary/aromatic N) is 2. The molecule has 2 heterocycles. The fourth-order valence-electron chi connectivity index (χ4n) is 3.13. The fraction of sp³-hybridized carbons (Fsp3) is 0.182. The topological polar surface area (TPSA) is 66.2 Å². The Morgan fingerprint density at radius 2 is 1.00 bits per heavy atom. The minimum absolute atomic E-state index is 0. The number of hydrogen-bond acceptors (Lipinski definition) is 4. The highest BCUT2D eigenvalue weighted by Gasteiger charge is 2.04. The van der Waals surface area contributed by atoms with E-state index in [4.69, 9.17) is 0 Å². The SMILES string of the molecule is Cc1cc(C)c2cccc(O)c2n1.Cc1cc(C)c2cccc(O)c2n1.[MgH2]. The van der Waals surface area contributed by atoms with Gasteiger partial charge in [-0.3, -0.25) is 0 Å². The van der Waals surface area contributed by atoms with Crippen LogP contribution in [0, 0.1) is 27.7 Å². The minimum atomic E-state index is 0. The van der Waals surface area contributed by atoms with Gasteiger partial charge in [0.05, 0.1) is 0 Å². The van der Waals surface area contributed by atoms with Crippen molar-refractivity contribution in [3.05, 3.63) is 71.0 Å². The predicted octanol–water partition coefficient (Wildman–Crippen LogP) is 4.20. The van der Waals surface area contributed by atoms with Gasteiger partial charge in [0, 0.05) is 22.2 Å². The van der Waals surface area contributed by atoms with Gasteiger partial charge in [-0.15, -0.1) is 0 Å². The molecular weight excluding hydrogens is 349 g/mol. The van der Waals surface area contributed by atoms with Gasteiger partial charge >= 0.3 is 23.1 Å². The maximum Gasteiger partial charge on any atom is 0.316 e. The van der Waals surface area contributed by atoms with Crippen LogP contribution in [0.5, 0.6) is 11.5 Å². The molecule has 0 aliphatic rings. The largest absolute Gasteiger partial charge is 0.506 e. The average molecular weight is 373 g/mol. The lowest BCUT2D eigenvalue weighted by Crippen LogP contribution is -1.87. The summed E-state index contributed by atoms with van der Waals surface area (Å²) in [6.45, 7) is 7.91. The molecule has 4 aromatic rings. The standard InChI is InChI=1S/2C11H11NO.Mg.2H/c2*1-7-6-8(2)12-11-9(7)4-3-5-10(11)13;;;/h2*3-6,13H,1-2H3;;;. The Morgan fingerprint density at radius 3 is 1.37 bits per heavy atom. The molecule has 0 amide bonds. The highest BCUT2D eigenvalue weighted by Crippen LogP contribution is 2.26. The summed E-state index contributed by atoms with van der Waals surface area (Å²) in [7, 11) is 0. The quantitative estimate of drug-likeness (QED) is 0.454. The van der Waals surface area contributed by atoms with Crippen LogP contribution in [0.1, 0.15) is 22.5 Å². The molecule has 2 aromatic carbocycles. The summed E-state index contributed by atoms with van der Waals surface area (Å²) in [6, 6.07) is 15.0. The fourth-order valence-corrected chi connectivity index (χ4v) is 3.13. The molecule has 136 valence electrons. The van der Waals surface area contributed by atoms with E-state index in [1.165, 1.54) is 0 Å². The van der Waals surface area contributed by atoms with Crippen molar-refractivity contribution < 1.29 is 10.2 Å². The number of rotatable bonds is 0. The molecule has 4 nitrogen and oxygen atoms in total. The zero-order valence-electron chi connectivity index (χ0n) is 15.4. The summed E-state index contributed by atoms with van der Waals surface area (Å²) in [4.78, 5) is 8.57. The Bertz CT molecular complexity index is 1020. The molecule has 0 radical (unpaired) electrons. The highest BCUT2D eigenvalue weighted by atomic mass is 24.3. The van der Waals surface area contributed by atoms with E-state index >= 15 is 0 Å². The lowest BCUT2D eigenvalue weighted by atomic mass is 10.1. The van der Waals surface area contributed by atoms with E-state index in [1.54, 1.807) is 12.1 Å². The molecule has 0 atom stereocenters. The van der Waals surface area contributed by atoms with Crippen LogP contribution in [0.15, 0.2) is 48.5 Å². The van der Waals surface area contributed by atoms with E-state index in [9.17, 15) is 10.2 Å². The molecule has 0 saturated carbocycles. The normalized spacial score (nSPS) is 10.2. The van der Waals surface area contributed by atoms with E-state index in [2.05, 4.69) is 9.97 Å². The number of phenols is 2. The van der Waals surface area contributed by atoms with Gasteiger partial charge in [-0.25, -0.2) is 9.97 Å². The first-order chi connectivity index (χ1) is 12.4. The van der Waals surface area contributed by atoms with Crippen LogP contribution in [0.2, 0.25) is 0 Å². The van der Waals surface area contributed by atoms with Gasteiger partial charge in [-0.05, 0) is 63.1 Å². The molecule has 2 aromatic heterocycles. The third-order valence-corrected chi connectivity index (χ3v) is 4.31. The van der Waals surface area contributed by atoms with Crippen LogP contribution in [0.25, 0.3) is 21.8 Å². The monoisotopic (exact) mass is 372 g/mol. The molecule has 0 saturated heterocycles. The molecule has 27 heavy (non-hydrogen) atoms. The Morgan fingerprint density at radius 1 is 0.630 bits per heavy atom. The van der Waals surface area contributed by atoms with E-state index < -0.39 is 0 Å². The molecule has 4 rings (SSSR count). The van der Waals surface area contributed by atoms with Crippen molar-refractivity contribution >= 4 is 44.9 Å². The van der Waals surface area contributed by atoms with Gasteiger partial charge < -0.3 is 10.2 Å². The molecule has 0 aliphatic carbocycles. The zero-order chi connectivity index (χ0) is 18.8. The van der Waals surface area contributed by atoms with Crippen molar-refractivity contribution in [3.63, 3.8) is 0 Å². The number of pyridine rings is 2. The number of benzene rings is 2. The van der Waals surface area contributed by atoms with Gasteiger partial charge in [0.2, 0.25) is 0 Å². The number of phenolic OH excluding ortho intramolecular Hbond substituents is 2. The van der Waals surface area contributed by atoms with E-state index in [0.29, 0.717) is 11.0 Å². The first kappa shape index (κ1) is 20.9. The van der Waals surface area contributed by atoms with Crippen molar-refractivity contribution in [2.75, 3.05) is 0 Å². The summed E-state index contributed by atoms with van der Waals surface area (Å²) >= 11 is 0. The number of hydrogen-bond donors (Lipinski definition) is 2.